The van der Waals surface area contributed by atoms with Gasteiger partial charge in [-0.3, -0.25) is 4.90 Å². The van der Waals surface area contributed by atoms with Gasteiger partial charge in [0.1, 0.15) is 11.9 Å². The molecule has 23 heavy (non-hydrogen) atoms. The number of hydrogen-bond acceptors (Lipinski definition) is 5. The normalized spacial score (nSPS) is 21.1. The summed E-state index contributed by atoms with van der Waals surface area (Å²) in [4.78, 5) is 17.9. The Hall–Kier alpha value is -2.51. The Balaban J connectivity index is 1.80. The summed E-state index contributed by atoms with van der Waals surface area (Å²) in [6.07, 6.45) is -1.02. The first-order chi connectivity index (χ1) is 11.2. The molecular weight excluding hydrogens is 305 g/mol. The van der Waals surface area contributed by atoms with Crippen molar-refractivity contribution in [1.82, 2.24) is 0 Å². The van der Waals surface area contributed by atoms with Gasteiger partial charge in [0.15, 0.2) is 0 Å². The van der Waals surface area contributed by atoms with Crippen LogP contribution in [0.5, 0.6) is 0 Å². The summed E-state index contributed by atoms with van der Waals surface area (Å²) in [7, 11) is 0. The summed E-state index contributed by atoms with van der Waals surface area (Å²) in [5.74, 6) is -0.339. The average molecular weight is 321 g/mol. The molecule has 2 aliphatic heterocycles. The molecule has 0 spiro atoms. The number of carbonyl (C=O) groups excluding carboxylic acids is 1. The molecule has 0 bridgehead atoms. The zero-order valence-corrected chi connectivity index (χ0v) is 12.4. The molecule has 8 nitrogen and oxygen atoms in total. The molecular formula is C14H16FN5O3. The molecule has 2 saturated heterocycles. The van der Waals surface area contributed by atoms with Crippen LogP contribution in [-0.2, 0) is 9.47 Å². The van der Waals surface area contributed by atoms with Crippen LogP contribution in [0.4, 0.5) is 20.6 Å². The van der Waals surface area contributed by atoms with E-state index >= 15 is 0 Å². The van der Waals surface area contributed by atoms with E-state index in [1.165, 1.54) is 17.0 Å². The zero-order chi connectivity index (χ0) is 16.2. The van der Waals surface area contributed by atoms with Crippen LogP contribution in [-0.4, -0.2) is 51.6 Å². The fourth-order valence-electron chi connectivity index (χ4n) is 2.67. The van der Waals surface area contributed by atoms with Gasteiger partial charge in [0.05, 0.1) is 32.0 Å². The van der Waals surface area contributed by atoms with E-state index in [1.54, 1.807) is 6.07 Å². The van der Waals surface area contributed by atoms with Crippen molar-refractivity contribution in [1.29, 1.82) is 0 Å². The molecule has 0 aromatic heterocycles. The van der Waals surface area contributed by atoms with E-state index in [1.807, 2.05) is 4.90 Å². The maximum Gasteiger partial charge on any atom is 0.414 e. The predicted octanol–water partition coefficient (Wildman–Crippen LogP) is 2.30. The highest BCUT2D eigenvalue weighted by Gasteiger charge is 2.32. The zero-order valence-electron chi connectivity index (χ0n) is 12.4. The number of hydrogen-bond donors (Lipinski definition) is 0. The lowest BCUT2D eigenvalue weighted by Gasteiger charge is -2.29. The Kier molecular flexibility index (Phi) is 4.50. The van der Waals surface area contributed by atoms with Crippen LogP contribution < -0.4 is 9.80 Å². The number of rotatable bonds is 4. The largest absolute Gasteiger partial charge is 0.444 e. The Morgan fingerprint density at radius 2 is 2.17 bits per heavy atom. The first kappa shape index (κ1) is 15.4. The third-order valence-electron chi connectivity index (χ3n) is 3.82. The minimum absolute atomic E-state index is 0.0796. The molecule has 0 N–H and O–H groups in total. The van der Waals surface area contributed by atoms with Gasteiger partial charge in [-0.1, -0.05) is 5.11 Å². The lowest BCUT2D eigenvalue weighted by atomic mass is 10.2. The van der Waals surface area contributed by atoms with Crippen LogP contribution in [0.3, 0.4) is 0 Å². The second-order valence-electron chi connectivity index (χ2n) is 5.26. The Morgan fingerprint density at radius 1 is 1.39 bits per heavy atom. The van der Waals surface area contributed by atoms with Gasteiger partial charge in [-0.05, 0) is 23.7 Å². The molecule has 1 atom stereocenters. The maximum atomic E-state index is 14.1. The van der Waals surface area contributed by atoms with Gasteiger partial charge >= 0.3 is 6.09 Å². The van der Waals surface area contributed by atoms with Crippen molar-refractivity contribution in [3.63, 3.8) is 0 Å². The summed E-state index contributed by atoms with van der Waals surface area (Å²) in [6, 6.07) is 4.52. The molecule has 2 fully saturated rings. The van der Waals surface area contributed by atoms with Crippen LogP contribution in [0.25, 0.3) is 10.4 Å². The molecule has 0 aliphatic carbocycles. The Morgan fingerprint density at radius 3 is 2.91 bits per heavy atom. The fraction of sp³-hybridized carbons (Fsp3) is 0.500. The van der Waals surface area contributed by atoms with Crippen molar-refractivity contribution in [3.8, 4) is 0 Å². The molecule has 0 radical (unpaired) electrons. The van der Waals surface area contributed by atoms with E-state index in [9.17, 15) is 9.18 Å². The molecule has 1 aromatic rings. The van der Waals surface area contributed by atoms with E-state index in [0.29, 0.717) is 37.7 Å². The van der Waals surface area contributed by atoms with E-state index in [2.05, 4.69) is 10.0 Å². The predicted molar refractivity (Wildman–Crippen MR) is 81.1 cm³/mol. The van der Waals surface area contributed by atoms with E-state index in [-0.39, 0.29) is 18.9 Å². The third kappa shape index (κ3) is 3.30. The average Bonchev–Trinajstić information content (AvgIpc) is 2.95. The van der Waals surface area contributed by atoms with Crippen molar-refractivity contribution in [2.24, 2.45) is 5.11 Å². The Labute approximate surface area is 132 Å². The van der Waals surface area contributed by atoms with Crippen molar-refractivity contribution in [2.75, 3.05) is 49.2 Å². The summed E-state index contributed by atoms with van der Waals surface area (Å²) in [5.41, 5.74) is 9.33. The molecule has 1 amide bonds. The SMILES string of the molecule is [N-]=[N+]=NC[C@H]1CN(c2ccc(F)c(N3CCOCC3)c2)C(=O)O1. The minimum Gasteiger partial charge on any atom is -0.444 e. The second kappa shape index (κ2) is 6.72. The number of morpholine rings is 1. The lowest BCUT2D eigenvalue weighted by Crippen LogP contribution is -2.37. The number of azide groups is 1. The van der Waals surface area contributed by atoms with Crippen molar-refractivity contribution in [2.45, 2.75) is 6.10 Å². The number of halogens is 1. The molecule has 0 unspecified atom stereocenters. The van der Waals surface area contributed by atoms with Crippen LogP contribution >= 0.6 is 0 Å². The van der Waals surface area contributed by atoms with Gasteiger partial charge in [0, 0.05) is 23.7 Å². The van der Waals surface area contributed by atoms with Gasteiger partial charge in [-0.25, -0.2) is 9.18 Å². The number of ether oxygens (including phenoxy) is 2. The van der Waals surface area contributed by atoms with Gasteiger partial charge in [-0.2, -0.15) is 0 Å². The fourth-order valence-corrected chi connectivity index (χ4v) is 2.67. The standard InChI is InChI=1S/C14H16FN5O3/c15-12-2-1-10(7-13(12)19-3-5-22-6-4-19)20-9-11(8-17-18-16)23-14(20)21/h1-2,7,11H,3-6,8-9H2/t11-/m0/s1. The molecule has 0 saturated carbocycles. The minimum atomic E-state index is -0.525. The topological polar surface area (TPSA) is 90.8 Å². The van der Waals surface area contributed by atoms with E-state index in [4.69, 9.17) is 15.0 Å². The molecule has 3 rings (SSSR count). The van der Waals surface area contributed by atoms with Crippen molar-refractivity contribution >= 4 is 17.5 Å². The molecule has 122 valence electrons. The number of benzene rings is 1. The summed E-state index contributed by atoms with van der Waals surface area (Å²) >= 11 is 0. The lowest BCUT2D eigenvalue weighted by molar-refractivity contribution is 0.122. The number of anilines is 2. The first-order valence-electron chi connectivity index (χ1n) is 7.30. The third-order valence-corrected chi connectivity index (χ3v) is 3.82. The van der Waals surface area contributed by atoms with Crippen LogP contribution in [0.1, 0.15) is 0 Å². The Bertz CT molecular complexity index is 643. The summed E-state index contributed by atoms with van der Waals surface area (Å²) < 4.78 is 24.5. The van der Waals surface area contributed by atoms with Crippen LogP contribution in [0, 0.1) is 5.82 Å². The summed E-state index contributed by atoms with van der Waals surface area (Å²) in [5, 5.41) is 3.42. The highest BCUT2D eigenvalue weighted by molar-refractivity contribution is 5.90. The maximum absolute atomic E-state index is 14.1. The van der Waals surface area contributed by atoms with Crippen LogP contribution in [0.2, 0.25) is 0 Å². The van der Waals surface area contributed by atoms with Gasteiger partial charge < -0.3 is 14.4 Å². The number of cyclic esters (lactones) is 1. The monoisotopic (exact) mass is 321 g/mol. The first-order valence-corrected chi connectivity index (χ1v) is 7.30. The molecule has 9 heteroatoms. The second-order valence-corrected chi connectivity index (χ2v) is 5.26. The molecule has 1 aromatic carbocycles. The molecule has 2 aliphatic rings. The number of carbonyl (C=O) groups is 1. The van der Waals surface area contributed by atoms with Crippen LogP contribution in [0.15, 0.2) is 23.3 Å². The van der Waals surface area contributed by atoms with Crippen molar-refractivity contribution < 1.29 is 18.7 Å². The van der Waals surface area contributed by atoms with E-state index in [0.717, 1.165) is 0 Å². The van der Waals surface area contributed by atoms with Gasteiger partial charge in [0.2, 0.25) is 0 Å². The van der Waals surface area contributed by atoms with Crippen molar-refractivity contribution in [3.05, 3.63) is 34.5 Å². The highest BCUT2D eigenvalue weighted by Crippen LogP contribution is 2.29. The summed E-state index contributed by atoms with van der Waals surface area (Å²) in [6.45, 7) is 2.64. The molecule has 2 heterocycles. The van der Waals surface area contributed by atoms with Gasteiger partial charge in [0.25, 0.3) is 0 Å². The number of nitrogens with zero attached hydrogens (tertiary/aromatic N) is 5. The van der Waals surface area contributed by atoms with Gasteiger partial charge in [-0.15, -0.1) is 0 Å². The smallest absolute Gasteiger partial charge is 0.414 e. The number of amides is 1. The van der Waals surface area contributed by atoms with E-state index < -0.39 is 12.2 Å². The highest BCUT2D eigenvalue weighted by atomic mass is 19.1. The quantitative estimate of drug-likeness (QED) is 0.483.